The maximum Gasteiger partial charge on any atom is 0.329 e. The number of nitrogens with two attached hydrogens (primary N) is 1. The summed E-state index contributed by atoms with van der Waals surface area (Å²) in [4.78, 5) is 35.5. The summed E-state index contributed by atoms with van der Waals surface area (Å²) in [6.45, 7) is 5.26. The van der Waals surface area contributed by atoms with E-state index in [1.165, 1.54) is 0 Å². The first kappa shape index (κ1) is 19.6. The molecular weight excluding hydrogens is 310 g/mol. The Morgan fingerprint density at radius 1 is 1.21 bits per heavy atom. The molecule has 1 aromatic rings. The van der Waals surface area contributed by atoms with Gasteiger partial charge in [-0.05, 0) is 26.3 Å². The molecule has 1 rings (SSSR count). The topological polar surface area (TPSA) is 126 Å². The molecular formula is C17H26N3O4+. The molecule has 0 unspecified atom stereocenters. The lowest BCUT2D eigenvalue weighted by molar-refractivity contribution is -0.402. The largest absolute Gasteiger partial charge is 0.458 e. The Kier molecular flexibility index (Phi) is 6.91. The molecule has 0 aliphatic carbocycles. The normalized spacial score (nSPS) is 13.7. The van der Waals surface area contributed by atoms with Crippen LogP contribution in [-0.2, 0) is 25.5 Å². The average Bonchev–Trinajstić information content (AvgIpc) is 2.45. The highest BCUT2D eigenvalue weighted by atomic mass is 16.6. The molecule has 2 amide bonds. The number of amides is 2. The van der Waals surface area contributed by atoms with Crippen LogP contribution in [-0.4, -0.2) is 35.5 Å². The molecule has 0 saturated heterocycles. The van der Waals surface area contributed by atoms with Crippen molar-refractivity contribution in [3.05, 3.63) is 35.9 Å². The van der Waals surface area contributed by atoms with Crippen LogP contribution in [0.25, 0.3) is 0 Å². The molecule has 132 valence electrons. The Bertz CT molecular complexity index is 581. The third-order valence-electron chi connectivity index (χ3n) is 3.11. The molecule has 7 heteroatoms. The van der Waals surface area contributed by atoms with E-state index >= 15 is 0 Å². The van der Waals surface area contributed by atoms with Crippen LogP contribution in [0.3, 0.4) is 0 Å². The number of hydrogen-bond donors (Lipinski definition) is 3. The van der Waals surface area contributed by atoms with Crippen LogP contribution in [0.4, 0.5) is 0 Å². The van der Waals surface area contributed by atoms with Crippen molar-refractivity contribution in [3.8, 4) is 0 Å². The Hall–Kier alpha value is -2.41. The second-order valence-corrected chi connectivity index (χ2v) is 6.65. The van der Waals surface area contributed by atoms with Crippen molar-refractivity contribution in [1.82, 2.24) is 5.32 Å². The standard InChI is InChI=1S/C17H25N3O4/c1-17(2,3)24-16(23)13(9-11-7-5-4-6-8-11)20-15(22)12(18)10-14(19)21/h4-8,12-13H,9-10,18H2,1-3H3,(H2,19,21)(H,20,22)/p+1/t12-,13+/m1/s1. The number of carbonyl (C=O) groups is 3. The van der Waals surface area contributed by atoms with E-state index in [9.17, 15) is 14.4 Å². The number of carbonyl (C=O) groups excluding carboxylic acids is 3. The van der Waals surface area contributed by atoms with E-state index < -0.39 is 35.5 Å². The predicted molar refractivity (Wildman–Crippen MR) is 88.4 cm³/mol. The van der Waals surface area contributed by atoms with Crippen molar-refractivity contribution in [3.63, 3.8) is 0 Å². The van der Waals surface area contributed by atoms with Crippen LogP contribution in [0.5, 0.6) is 0 Å². The van der Waals surface area contributed by atoms with Gasteiger partial charge in [0.05, 0.1) is 6.42 Å². The van der Waals surface area contributed by atoms with Gasteiger partial charge >= 0.3 is 5.97 Å². The zero-order valence-corrected chi connectivity index (χ0v) is 14.4. The fraction of sp³-hybridized carbons (Fsp3) is 0.471. The maximum atomic E-state index is 12.4. The zero-order chi connectivity index (χ0) is 18.3. The van der Waals surface area contributed by atoms with E-state index in [-0.39, 0.29) is 12.8 Å². The summed E-state index contributed by atoms with van der Waals surface area (Å²) < 4.78 is 5.37. The fourth-order valence-electron chi connectivity index (χ4n) is 2.04. The lowest BCUT2D eigenvalue weighted by Gasteiger charge is -2.25. The molecule has 0 saturated carbocycles. The van der Waals surface area contributed by atoms with E-state index in [1.54, 1.807) is 20.8 Å². The molecule has 0 heterocycles. The summed E-state index contributed by atoms with van der Waals surface area (Å²) in [6, 6.07) is 7.55. The summed E-state index contributed by atoms with van der Waals surface area (Å²) in [5.74, 6) is -1.67. The molecule has 24 heavy (non-hydrogen) atoms. The number of primary amides is 1. The molecule has 1 aromatic carbocycles. The first-order valence-electron chi connectivity index (χ1n) is 7.77. The average molecular weight is 336 g/mol. The van der Waals surface area contributed by atoms with Crippen molar-refractivity contribution in [1.29, 1.82) is 0 Å². The highest BCUT2D eigenvalue weighted by Gasteiger charge is 2.30. The predicted octanol–water partition coefficient (Wildman–Crippen LogP) is -0.458. The number of benzene rings is 1. The Balaban J connectivity index is 2.86. The number of rotatable bonds is 7. The summed E-state index contributed by atoms with van der Waals surface area (Å²) in [5, 5.41) is 2.61. The third-order valence-corrected chi connectivity index (χ3v) is 3.11. The van der Waals surface area contributed by atoms with Gasteiger partial charge < -0.3 is 21.5 Å². The first-order chi connectivity index (χ1) is 11.1. The van der Waals surface area contributed by atoms with Gasteiger partial charge in [0.15, 0.2) is 6.04 Å². The quantitative estimate of drug-likeness (QED) is 0.582. The van der Waals surface area contributed by atoms with Gasteiger partial charge in [-0.1, -0.05) is 30.3 Å². The van der Waals surface area contributed by atoms with Crippen LogP contribution in [0.2, 0.25) is 0 Å². The van der Waals surface area contributed by atoms with E-state index in [1.807, 2.05) is 30.3 Å². The van der Waals surface area contributed by atoms with Gasteiger partial charge in [-0.15, -0.1) is 0 Å². The van der Waals surface area contributed by atoms with E-state index in [0.29, 0.717) is 0 Å². The molecule has 0 spiro atoms. The second kappa shape index (κ2) is 8.44. The fourth-order valence-corrected chi connectivity index (χ4v) is 2.04. The van der Waals surface area contributed by atoms with Crippen molar-refractivity contribution in [2.24, 2.45) is 5.73 Å². The van der Waals surface area contributed by atoms with Crippen molar-refractivity contribution in [2.45, 2.75) is 51.3 Å². The van der Waals surface area contributed by atoms with Crippen molar-refractivity contribution >= 4 is 17.8 Å². The lowest BCUT2D eigenvalue weighted by atomic mass is 10.0. The zero-order valence-electron chi connectivity index (χ0n) is 14.4. The van der Waals surface area contributed by atoms with Gasteiger partial charge in [-0.2, -0.15) is 0 Å². The van der Waals surface area contributed by atoms with Crippen LogP contribution >= 0.6 is 0 Å². The number of quaternary nitrogens is 1. The van der Waals surface area contributed by atoms with E-state index in [0.717, 1.165) is 5.56 Å². The van der Waals surface area contributed by atoms with Gasteiger partial charge in [0.1, 0.15) is 11.6 Å². The Morgan fingerprint density at radius 3 is 2.29 bits per heavy atom. The van der Waals surface area contributed by atoms with Gasteiger partial charge in [-0.3, -0.25) is 9.59 Å². The Labute approximate surface area is 141 Å². The highest BCUT2D eigenvalue weighted by molar-refractivity contribution is 5.90. The van der Waals surface area contributed by atoms with Crippen LogP contribution < -0.4 is 16.8 Å². The van der Waals surface area contributed by atoms with Gasteiger partial charge in [0.2, 0.25) is 5.91 Å². The van der Waals surface area contributed by atoms with E-state index in [4.69, 9.17) is 10.5 Å². The SMILES string of the molecule is CC(C)(C)OC(=O)[C@H](Cc1ccccc1)NC(=O)[C@H]([NH3+])CC(N)=O. The lowest BCUT2D eigenvalue weighted by Crippen LogP contribution is -2.69. The van der Waals surface area contributed by atoms with Crippen LogP contribution in [0.1, 0.15) is 32.8 Å². The minimum atomic E-state index is -0.865. The molecule has 0 aliphatic rings. The maximum absolute atomic E-state index is 12.4. The summed E-state index contributed by atoms with van der Waals surface area (Å²) in [5.41, 5.74) is 8.89. The molecule has 0 aliphatic heterocycles. The van der Waals surface area contributed by atoms with Crippen molar-refractivity contribution < 1.29 is 24.9 Å². The third kappa shape index (κ3) is 7.23. The second-order valence-electron chi connectivity index (χ2n) is 6.65. The van der Waals surface area contributed by atoms with E-state index in [2.05, 4.69) is 11.1 Å². The molecule has 0 aromatic heterocycles. The monoisotopic (exact) mass is 336 g/mol. The summed E-state index contributed by atoms with van der Waals surface area (Å²) in [6.07, 6.45) is 0.100. The highest BCUT2D eigenvalue weighted by Crippen LogP contribution is 2.11. The molecule has 6 N–H and O–H groups in total. The number of ether oxygens (including phenoxy) is 1. The van der Waals surface area contributed by atoms with Crippen molar-refractivity contribution in [2.75, 3.05) is 0 Å². The number of esters is 1. The molecule has 0 bridgehead atoms. The molecule has 0 radical (unpaired) electrons. The summed E-state index contributed by atoms with van der Waals surface area (Å²) in [7, 11) is 0. The molecule has 0 fully saturated rings. The number of hydrogen-bond acceptors (Lipinski definition) is 4. The summed E-state index contributed by atoms with van der Waals surface area (Å²) >= 11 is 0. The Morgan fingerprint density at radius 2 is 1.79 bits per heavy atom. The van der Waals surface area contributed by atoms with Gasteiger partial charge in [0, 0.05) is 6.42 Å². The first-order valence-corrected chi connectivity index (χ1v) is 7.77. The van der Waals surface area contributed by atoms with Gasteiger partial charge in [-0.25, -0.2) is 4.79 Å². The molecule has 2 atom stereocenters. The smallest absolute Gasteiger partial charge is 0.329 e. The number of nitrogens with one attached hydrogen (secondary N) is 1. The molecule has 7 nitrogen and oxygen atoms in total. The van der Waals surface area contributed by atoms with Gasteiger partial charge in [0.25, 0.3) is 5.91 Å². The minimum Gasteiger partial charge on any atom is -0.458 e. The van der Waals surface area contributed by atoms with Crippen LogP contribution in [0, 0.1) is 0 Å². The minimum absolute atomic E-state index is 0.182. The van der Waals surface area contributed by atoms with Crippen LogP contribution in [0.15, 0.2) is 30.3 Å².